The molecule has 1 aromatic rings. The molecule has 2 fully saturated rings. The van der Waals surface area contributed by atoms with Crippen molar-refractivity contribution in [1.82, 2.24) is 4.90 Å². The molecule has 1 saturated carbocycles. The molecule has 0 spiro atoms. The second-order valence-corrected chi connectivity index (χ2v) is 6.37. The Morgan fingerprint density at radius 1 is 1.25 bits per heavy atom. The van der Waals surface area contributed by atoms with Gasteiger partial charge >= 0.3 is 5.97 Å². The summed E-state index contributed by atoms with van der Waals surface area (Å²) in [6, 6.07) is 3.43. The zero-order valence-corrected chi connectivity index (χ0v) is 13.1. The molecule has 1 saturated heterocycles. The lowest BCUT2D eigenvalue weighted by Gasteiger charge is -2.23. The monoisotopic (exact) mass is 334 g/mol. The van der Waals surface area contributed by atoms with E-state index in [2.05, 4.69) is 5.32 Å². The highest BCUT2D eigenvalue weighted by molar-refractivity contribution is 5.98. The predicted octanol–water partition coefficient (Wildman–Crippen LogP) is 2.25. The zero-order valence-electron chi connectivity index (χ0n) is 13.1. The van der Waals surface area contributed by atoms with Crippen LogP contribution in [0.1, 0.15) is 42.5 Å². The van der Waals surface area contributed by atoms with E-state index in [0.29, 0.717) is 6.54 Å². The van der Waals surface area contributed by atoms with Crippen LogP contribution < -0.4 is 5.32 Å². The first-order valence-corrected chi connectivity index (χ1v) is 8.09. The van der Waals surface area contributed by atoms with Gasteiger partial charge in [-0.05, 0) is 31.0 Å². The molecule has 3 rings (SSSR count). The number of benzene rings is 1. The van der Waals surface area contributed by atoms with Gasteiger partial charge in [0, 0.05) is 19.0 Å². The molecule has 1 heterocycles. The van der Waals surface area contributed by atoms with Gasteiger partial charge in [-0.2, -0.15) is 0 Å². The molecular formula is C17H19FN2O4. The molecule has 1 unspecified atom stereocenters. The molecular weight excluding hydrogens is 315 g/mol. The number of carboxylic acids is 1. The first-order valence-electron chi connectivity index (χ1n) is 8.09. The van der Waals surface area contributed by atoms with Gasteiger partial charge in [-0.1, -0.05) is 12.8 Å². The van der Waals surface area contributed by atoms with E-state index in [9.17, 15) is 18.8 Å². The fourth-order valence-corrected chi connectivity index (χ4v) is 3.46. The van der Waals surface area contributed by atoms with Crippen molar-refractivity contribution in [2.24, 2.45) is 5.92 Å². The Labute approximate surface area is 138 Å². The van der Waals surface area contributed by atoms with Gasteiger partial charge in [0.25, 0.3) is 0 Å². The van der Waals surface area contributed by atoms with Gasteiger partial charge in [0.15, 0.2) is 0 Å². The summed E-state index contributed by atoms with van der Waals surface area (Å²) >= 11 is 0. The molecule has 1 aliphatic carbocycles. The second-order valence-electron chi connectivity index (χ2n) is 6.37. The molecule has 0 bridgehead atoms. The van der Waals surface area contributed by atoms with Crippen LogP contribution in [0.15, 0.2) is 18.2 Å². The Morgan fingerprint density at radius 3 is 2.62 bits per heavy atom. The van der Waals surface area contributed by atoms with Crippen LogP contribution >= 0.6 is 0 Å². The summed E-state index contributed by atoms with van der Waals surface area (Å²) in [5.41, 5.74) is -0.284. The van der Waals surface area contributed by atoms with Gasteiger partial charge in [0.1, 0.15) is 5.82 Å². The number of likely N-dealkylation sites (tertiary alicyclic amines) is 1. The number of amides is 2. The van der Waals surface area contributed by atoms with Crippen LogP contribution in [0.2, 0.25) is 0 Å². The van der Waals surface area contributed by atoms with Crippen LogP contribution in [-0.2, 0) is 9.59 Å². The van der Waals surface area contributed by atoms with E-state index in [1.165, 1.54) is 0 Å². The van der Waals surface area contributed by atoms with Crippen LogP contribution in [0.25, 0.3) is 0 Å². The molecule has 0 radical (unpaired) electrons. The number of nitrogens with zero attached hydrogens (tertiary/aromatic N) is 1. The number of carbonyl (C=O) groups excluding carboxylic acids is 2. The summed E-state index contributed by atoms with van der Waals surface area (Å²) in [6.07, 6.45) is 4.24. The van der Waals surface area contributed by atoms with Gasteiger partial charge < -0.3 is 15.3 Å². The molecule has 128 valence electrons. The lowest BCUT2D eigenvalue weighted by molar-refractivity contribution is -0.129. The summed E-state index contributed by atoms with van der Waals surface area (Å²) < 4.78 is 13.8. The van der Waals surface area contributed by atoms with Crippen molar-refractivity contribution in [1.29, 1.82) is 0 Å². The van der Waals surface area contributed by atoms with Crippen molar-refractivity contribution < 1.29 is 23.9 Å². The Balaban J connectivity index is 1.68. The van der Waals surface area contributed by atoms with Crippen molar-refractivity contribution in [2.45, 2.75) is 38.1 Å². The fraction of sp³-hybridized carbons (Fsp3) is 0.471. The molecule has 7 heteroatoms. The quantitative estimate of drug-likeness (QED) is 0.884. The van der Waals surface area contributed by atoms with Gasteiger partial charge in [-0.3, -0.25) is 9.59 Å². The molecule has 1 atom stereocenters. The van der Waals surface area contributed by atoms with Gasteiger partial charge in [0.05, 0.1) is 17.2 Å². The van der Waals surface area contributed by atoms with E-state index >= 15 is 0 Å². The topological polar surface area (TPSA) is 86.7 Å². The summed E-state index contributed by atoms with van der Waals surface area (Å²) in [7, 11) is 0. The van der Waals surface area contributed by atoms with Crippen LogP contribution in [0, 0.1) is 11.7 Å². The van der Waals surface area contributed by atoms with Gasteiger partial charge in [-0.15, -0.1) is 0 Å². The lowest BCUT2D eigenvalue weighted by atomic mass is 10.1. The first kappa shape index (κ1) is 16.4. The molecule has 2 aliphatic rings. The second kappa shape index (κ2) is 6.59. The number of anilines is 1. The maximum Gasteiger partial charge on any atom is 0.335 e. The number of halogens is 1. The van der Waals surface area contributed by atoms with Crippen molar-refractivity contribution in [3.05, 3.63) is 29.6 Å². The lowest BCUT2D eigenvalue weighted by Crippen LogP contribution is -2.35. The number of carboxylic acid groups (broad SMARTS) is 1. The summed E-state index contributed by atoms with van der Waals surface area (Å²) in [5, 5.41) is 11.4. The number of hydrogen-bond donors (Lipinski definition) is 2. The van der Waals surface area contributed by atoms with Crippen LogP contribution in [0.5, 0.6) is 0 Å². The van der Waals surface area contributed by atoms with Gasteiger partial charge in [0.2, 0.25) is 11.8 Å². The normalized spacial score (nSPS) is 21.3. The average Bonchev–Trinajstić information content (AvgIpc) is 3.18. The standard InChI is InChI=1S/C17H19FN2O4/c18-13-6-5-10(17(23)24)7-14(13)19-16(22)11-8-15(21)20(9-11)12-3-1-2-4-12/h5-7,11-12H,1-4,8-9H2,(H,19,22)(H,23,24). The average molecular weight is 334 g/mol. The SMILES string of the molecule is O=C(O)c1ccc(F)c(NC(=O)C2CC(=O)N(C3CCCC3)C2)c1. The Bertz CT molecular complexity index is 685. The maximum atomic E-state index is 13.8. The first-order chi connectivity index (χ1) is 11.5. The summed E-state index contributed by atoms with van der Waals surface area (Å²) in [6.45, 7) is 0.343. The van der Waals surface area contributed by atoms with E-state index in [1.54, 1.807) is 4.90 Å². The van der Waals surface area contributed by atoms with Crippen molar-refractivity contribution >= 4 is 23.5 Å². The highest BCUT2D eigenvalue weighted by Gasteiger charge is 2.38. The van der Waals surface area contributed by atoms with E-state index in [4.69, 9.17) is 5.11 Å². The molecule has 0 aromatic heterocycles. The Kier molecular flexibility index (Phi) is 4.51. The van der Waals surface area contributed by atoms with Crippen LogP contribution in [0.4, 0.5) is 10.1 Å². The number of aromatic carboxylic acids is 1. The third-order valence-corrected chi connectivity index (χ3v) is 4.77. The molecule has 1 aliphatic heterocycles. The smallest absolute Gasteiger partial charge is 0.335 e. The van der Waals surface area contributed by atoms with Crippen LogP contribution in [0.3, 0.4) is 0 Å². The minimum atomic E-state index is -1.20. The van der Waals surface area contributed by atoms with E-state index < -0.39 is 23.6 Å². The summed E-state index contributed by atoms with van der Waals surface area (Å²) in [4.78, 5) is 37.2. The molecule has 24 heavy (non-hydrogen) atoms. The third-order valence-electron chi connectivity index (χ3n) is 4.77. The van der Waals surface area contributed by atoms with Crippen molar-refractivity contribution in [2.75, 3.05) is 11.9 Å². The largest absolute Gasteiger partial charge is 0.478 e. The van der Waals surface area contributed by atoms with E-state index in [1.807, 2.05) is 0 Å². The Hall–Kier alpha value is -2.44. The van der Waals surface area contributed by atoms with Crippen molar-refractivity contribution in [3.63, 3.8) is 0 Å². The molecule has 2 amide bonds. The van der Waals surface area contributed by atoms with Crippen molar-refractivity contribution in [3.8, 4) is 0 Å². The number of hydrogen-bond acceptors (Lipinski definition) is 3. The van der Waals surface area contributed by atoms with Gasteiger partial charge in [-0.25, -0.2) is 9.18 Å². The summed E-state index contributed by atoms with van der Waals surface area (Å²) in [5.74, 6) is -2.93. The van der Waals surface area contributed by atoms with Crippen LogP contribution in [-0.4, -0.2) is 40.4 Å². The van der Waals surface area contributed by atoms with E-state index in [0.717, 1.165) is 43.9 Å². The minimum absolute atomic E-state index is 0.0400. The molecule has 2 N–H and O–H groups in total. The highest BCUT2D eigenvalue weighted by atomic mass is 19.1. The van der Waals surface area contributed by atoms with E-state index in [-0.39, 0.29) is 29.6 Å². The highest BCUT2D eigenvalue weighted by Crippen LogP contribution is 2.30. The zero-order chi connectivity index (χ0) is 17.3. The predicted molar refractivity (Wildman–Crippen MR) is 84.1 cm³/mol. The maximum absolute atomic E-state index is 13.8. The number of carbonyl (C=O) groups is 3. The molecule has 1 aromatic carbocycles. The molecule has 6 nitrogen and oxygen atoms in total. The number of rotatable bonds is 4. The third kappa shape index (κ3) is 3.25. The number of nitrogens with one attached hydrogen (secondary N) is 1. The fourth-order valence-electron chi connectivity index (χ4n) is 3.46. The minimum Gasteiger partial charge on any atom is -0.478 e. The Morgan fingerprint density at radius 2 is 1.96 bits per heavy atom.